The molecule has 0 heterocycles. The topological polar surface area (TPSA) is 128 Å². The van der Waals surface area contributed by atoms with E-state index in [1.54, 1.807) is 6.92 Å². The summed E-state index contributed by atoms with van der Waals surface area (Å²) in [7, 11) is -5.85. The van der Waals surface area contributed by atoms with Gasteiger partial charge in [0.2, 0.25) is 20.0 Å². The van der Waals surface area contributed by atoms with Gasteiger partial charge in [-0.1, -0.05) is 0 Å². The molecule has 0 spiro atoms. The molecule has 0 unspecified atom stereocenters. The number of aryl methyl sites for hydroxylation is 1. The van der Waals surface area contributed by atoms with Crippen LogP contribution in [0.25, 0.3) is 0 Å². The monoisotopic (exact) mass is 337 g/mol. The molecule has 0 aliphatic carbocycles. The molecule has 0 aliphatic heterocycles. The van der Waals surface area contributed by atoms with Gasteiger partial charge in [-0.2, -0.15) is 0 Å². The third-order valence-electron chi connectivity index (χ3n) is 2.62. The van der Waals surface area contributed by atoms with E-state index < -0.39 is 20.0 Å². The van der Waals surface area contributed by atoms with Gasteiger partial charge in [-0.05, 0) is 24.6 Å². The Morgan fingerprint density at radius 2 is 1.71 bits per heavy atom. The van der Waals surface area contributed by atoms with Crippen molar-refractivity contribution in [1.29, 1.82) is 0 Å². The summed E-state index contributed by atoms with van der Waals surface area (Å²) in [6, 6.07) is 2.83. The van der Waals surface area contributed by atoms with Gasteiger partial charge in [-0.15, -0.1) is 0 Å². The number of benzene rings is 1. The zero-order valence-electron chi connectivity index (χ0n) is 12.0. The Labute approximate surface area is 124 Å². The largest absolute Gasteiger partial charge is 0.495 e. The van der Waals surface area contributed by atoms with Crippen molar-refractivity contribution in [3.63, 3.8) is 0 Å². The number of methoxy groups -OCH3 is 1. The van der Waals surface area contributed by atoms with Crippen molar-refractivity contribution < 1.29 is 21.6 Å². The first-order chi connectivity index (χ1) is 9.57. The number of ether oxygens (including phenoxy) is 1. The van der Waals surface area contributed by atoms with E-state index in [2.05, 4.69) is 9.44 Å². The van der Waals surface area contributed by atoms with Crippen LogP contribution in [0.3, 0.4) is 0 Å². The molecule has 0 amide bonds. The zero-order valence-corrected chi connectivity index (χ0v) is 13.6. The average molecular weight is 337 g/mol. The maximum Gasteiger partial charge on any atom is 0.244 e. The van der Waals surface area contributed by atoms with Gasteiger partial charge in [-0.25, -0.2) is 26.3 Å². The summed E-state index contributed by atoms with van der Waals surface area (Å²) in [5, 5.41) is 0. The fourth-order valence-corrected chi connectivity index (χ4v) is 3.23. The second-order valence-corrected chi connectivity index (χ2v) is 7.99. The third-order valence-corrected chi connectivity index (χ3v) is 4.83. The fourth-order valence-electron chi connectivity index (χ4n) is 1.55. The van der Waals surface area contributed by atoms with E-state index >= 15 is 0 Å². The molecule has 0 saturated heterocycles. The van der Waals surface area contributed by atoms with E-state index in [1.165, 1.54) is 19.2 Å². The van der Waals surface area contributed by atoms with Crippen molar-refractivity contribution in [2.24, 2.45) is 0 Å². The number of rotatable bonds is 7. The molecule has 0 aliphatic rings. The van der Waals surface area contributed by atoms with Crippen LogP contribution >= 0.6 is 0 Å². The van der Waals surface area contributed by atoms with Crippen LogP contribution in [0.15, 0.2) is 17.0 Å². The van der Waals surface area contributed by atoms with Crippen molar-refractivity contribution in [1.82, 2.24) is 9.44 Å². The first kappa shape index (κ1) is 17.7. The summed E-state index contributed by atoms with van der Waals surface area (Å²) >= 11 is 0. The van der Waals surface area contributed by atoms with Crippen LogP contribution in [-0.4, -0.2) is 43.3 Å². The highest BCUT2D eigenvalue weighted by atomic mass is 32.2. The summed E-state index contributed by atoms with van der Waals surface area (Å²) in [6.07, 6.45) is 0.991. The molecule has 120 valence electrons. The third kappa shape index (κ3) is 5.16. The molecule has 0 fully saturated rings. The van der Waals surface area contributed by atoms with E-state index in [9.17, 15) is 16.8 Å². The van der Waals surface area contributed by atoms with Crippen molar-refractivity contribution in [2.45, 2.75) is 11.8 Å². The summed E-state index contributed by atoms with van der Waals surface area (Å²) in [4.78, 5) is -0.0903. The molecule has 0 radical (unpaired) electrons. The van der Waals surface area contributed by atoms with Gasteiger partial charge in [0, 0.05) is 18.8 Å². The maximum absolute atomic E-state index is 12.2. The standard InChI is InChI=1S/C11H19N3O5S2/c1-8-6-10(19-2)11(7-9(8)12)21(17,18)14-5-4-13-20(3,15)16/h6-7,13-14H,4-5,12H2,1-3H3. The number of nitrogens with one attached hydrogen (secondary N) is 2. The molecule has 0 atom stereocenters. The molecule has 4 N–H and O–H groups in total. The van der Waals surface area contributed by atoms with Crippen molar-refractivity contribution in [3.8, 4) is 5.75 Å². The molecule has 21 heavy (non-hydrogen) atoms. The Bertz CT molecular complexity index is 714. The van der Waals surface area contributed by atoms with Gasteiger partial charge in [0.05, 0.1) is 13.4 Å². The lowest BCUT2D eigenvalue weighted by Gasteiger charge is -2.13. The van der Waals surface area contributed by atoms with E-state index in [0.717, 1.165) is 6.26 Å². The van der Waals surface area contributed by atoms with Crippen molar-refractivity contribution in [3.05, 3.63) is 17.7 Å². The normalized spacial score (nSPS) is 12.3. The molecule has 1 aromatic carbocycles. The first-order valence-electron chi connectivity index (χ1n) is 5.95. The van der Waals surface area contributed by atoms with Gasteiger partial charge in [0.25, 0.3) is 0 Å². The molecule has 1 rings (SSSR count). The highest BCUT2D eigenvalue weighted by molar-refractivity contribution is 7.89. The minimum absolute atomic E-state index is 0.0538. The Balaban J connectivity index is 2.90. The SMILES string of the molecule is COc1cc(C)c(N)cc1S(=O)(=O)NCCNS(C)(=O)=O. The summed E-state index contributed by atoms with van der Waals surface area (Å²) < 4.78 is 55.6. The number of nitrogens with two attached hydrogens (primary N) is 1. The molecule has 0 saturated carbocycles. The number of nitrogen functional groups attached to an aromatic ring is 1. The summed E-state index contributed by atoms with van der Waals surface area (Å²) in [6.45, 7) is 1.59. The predicted octanol–water partition coefficient (Wildman–Crippen LogP) is -0.587. The van der Waals surface area contributed by atoms with Gasteiger partial charge in [-0.3, -0.25) is 0 Å². The number of hydrogen-bond acceptors (Lipinski definition) is 6. The van der Waals surface area contributed by atoms with Gasteiger partial charge < -0.3 is 10.5 Å². The first-order valence-corrected chi connectivity index (χ1v) is 9.32. The second-order valence-electron chi connectivity index (χ2n) is 4.42. The van der Waals surface area contributed by atoms with Crippen LogP contribution in [0.1, 0.15) is 5.56 Å². The molecule has 0 bridgehead atoms. The minimum Gasteiger partial charge on any atom is -0.495 e. The predicted molar refractivity (Wildman–Crippen MR) is 80.2 cm³/mol. The lowest BCUT2D eigenvalue weighted by atomic mass is 10.2. The van der Waals surface area contributed by atoms with Crippen LogP contribution in [0.4, 0.5) is 5.69 Å². The van der Waals surface area contributed by atoms with Crippen LogP contribution in [0, 0.1) is 6.92 Å². The second kappa shape index (κ2) is 6.60. The Morgan fingerprint density at radius 1 is 1.14 bits per heavy atom. The van der Waals surface area contributed by atoms with Crippen molar-refractivity contribution in [2.75, 3.05) is 32.2 Å². The van der Waals surface area contributed by atoms with E-state index in [-0.39, 0.29) is 23.7 Å². The Kier molecular flexibility index (Phi) is 5.56. The van der Waals surface area contributed by atoms with Gasteiger partial charge in [0.15, 0.2) is 0 Å². The summed E-state index contributed by atoms with van der Waals surface area (Å²) in [5.74, 6) is 0.172. The van der Waals surface area contributed by atoms with E-state index in [1.807, 2.05) is 0 Å². The molecule has 8 nitrogen and oxygen atoms in total. The Morgan fingerprint density at radius 3 is 2.24 bits per heavy atom. The molecule has 10 heteroatoms. The number of anilines is 1. The fraction of sp³-hybridized carbons (Fsp3) is 0.455. The van der Waals surface area contributed by atoms with Gasteiger partial charge in [0.1, 0.15) is 10.6 Å². The molecule has 0 aromatic heterocycles. The lowest BCUT2D eigenvalue weighted by molar-refractivity contribution is 0.402. The average Bonchev–Trinajstić information content (AvgIpc) is 2.36. The Hall–Kier alpha value is -1.36. The van der Waals surface area contributed by atoms with Crippen molar-refractivity contribution >= 4 is 25.7 Å². The quantitative estimate of drug-likeness (QED) is 0.451. The van der Waals surface area contributed by atoms with E-state index in [4.69, 9.17) is 10.5 Å². The van der Waals surface area contributed by atoms with Crippen LogP contribution in [0.5, 0.6) is 5.75 Å². The number of sulfonamides is 2. The minimum atomic E-state index is -3.85. The number of hydrogen-bond donors (Lipinski definition) is 3. The zero-order chi connectivity index (χ0) is 16.3. The maximum atomic E-state index is 12.2. The van der Waals surface area contributed by atoms with Crippen LogP contribution in [0.2, 0.25) is 0 Å². The summed E-state index contributed by atoms with van der Waals surface area (Å²) in [5.41, 5.74) is 6.74. The lowest BCUT2D eigenvalue weighted by Crippen LogP contribution is -2.34. The van der Waals surface area contributed by atoms with Crippen LogP contribution in [-0.2, 0) is 20.0 Å². The molecular weight excluding hydrogens is 318 g/mol. The molecular formula is C11H19N3O5S2. The highest BCUT2D eigenvalue weighted by Gasteiger charge is 2.20. The van der Waals surface area contributed by atoms with Crippen LogP contribution < -0.4 is 19.9 Å². The highest BCUT2D eigenvalue weighted by Crippen LogP contribution is 2.28. The smallest absolute Gasteiger partial charge is 0.244 e. The van der Waals surface area contributed by atoms with Gasteiger partial charge >= 0.3 is 0 Å². The molecule has 1 aromatic rings. The van der Waals surface area contributed by atoms with E-state index in [0.29, 0.717) is 11.3 Å².